The Kier molecular flexibility index (Phi) is 3.73. The van der Waals surface area contributed by atoms with Crippen molar-refractivity contribution >= 4 is 11.6 Å². The van der Waals surface area contributed by atoms with Gasteiger partial charge in [0.15, 0.2) is 0 Å². The van der Waals surface area contributed by atoms with E-state index in [-0.39, 0.29) is 5.91 Å². The zero-order chi connectivity index (χ0) is 14.5. The van der Waals surface area contributed by atoms with E-state index in [1.807, 2.05) is 42.5 Å². The standard InChI is InChI=1S/C16H14N4O/c21-16(10-12-2-1-8-17-11-12)19-14-5-3-13(4-6-14)15-7-9-18-20-15/h1-9,11H,10H2,(H,18,20)(H,19,21). The van der Waals surface area contributed by atoms with Crippen molar-refractivity contribution in [1.82, 2.24) is 15.2 Å². The van der Waals surface area contributed by atoms with Crippen molar-refractivity contribution in [3.63, 3.8) is 0 Å². The third-order valence-corrected chi connectivity index (χ3v) is 3.07. The second kappa shape index (κ2) is 6.00. The third-order valence-electron chi connectivity index (χ3n) is 3.07. The van der Waals surface area contributed by atoms with E-state index in [2.05, 4.69) is 20.5 Å². The smallest absolute Gasteiger partial charge is 0.228 e. The Morgan fingerprint density at radius 3 is 2.62 bits per heavy atom. The van der Waals surface area contributed by atoms with E-state index in [9.17, 15) is 4.79 Å². The molecule has 1 amide bonds. The number of aromatic nitrogens is 3. The molecule has 0 bridgehead atoms. The van der Waals surface area contributed by atoms with E-state index in [4.69, 9.17) is 0 Å². The second-order valence-electron chi connectivity index (χ2n) is 4.63. The summed E-state index contributed by atoms with van der Waals surface area (Å²) in [4.78, 5) is 15.9. The SMILES string of the molecule is O=C(Cc1cccnc1)Nc1ccc(-c2ccn[nH]2)cc1. The molecule has 3 rings (SSSR count). The van der Waals surface area contributed by atoms with Crippen LogP contribution in [-0.4, -0.2) is 21.1 Å². The first kappa shape index (κ1) is 13.1. The van der Waals surface area contributed by atoms with Crippen LogP contribution < -0.4 is 5.32 Å². The molecule has 3 aromatic rings. The lowest BCUT2D eigenvalue weighted by Crippen LogP contribution is -2.14. The summed E-state index contributed by atoms with van der Waals surface area (Å²) in [6.07, 6.45) is 5.41. The minimum Gasteiger partial charge on any atom is -0.326 e. The van der Waals surface area contributed by atoms with Gasteiger partial charge in [-0.05, 0) is 35.4 Å². The Bertz CT molecular complexity index is 706. The largest absolute Gasteiger partial charge is 0.326 e. The summed E-state index contributed by atoms with van der Waals surface area (Å²) in [5.41, 5.74) is 3.64. The fourth-order valence-electron chi connectivity index (χ4n) is 2.04. The molecule has 0 saturated carbocycles. The molecular formula is C16H14N4O. The van der Waals surface area contributed by atoms with Gasteiger partial charge in [-0.25, -0.2) is 0 Å². The van der Waals surface area contributed by atoms with Crippen LogP contribution in [0, 0.1) is 0 Å². The molecule has 0 spiro atoms. The van der Waals surface area contributed by atoms with Crippen LogP contribution in [0.15, 0.2) is 61.1 Å². The highest BCUT2D eigenvalue weighted by atomic mass is 16.1. The van der Waals surface area contributed by atoms with E-state index in [1.54, 1.807) is 18.6 Å². The van der Waals surface area contributed by atoms with Crippen molar-refractivity contribution in [2.75, 3.05) is 5.32 Å². The van der Waals surface area contributed by atoms with Crippen molar-refractivity contribution < 1.29 is 4.79 Å². The molecule has 0 aliphatic carbocycles. The van der Waals surface area contributed by atoms with Gasteiger partial charge in [0.25, 0.3) is 0 Å². The van der Waals surface area contributed by atoms with E-state index in [0.717, 1.165) is 22.5 Å². The number of nitrogens with zero attached hydrogens (tertiary/aromatic N) is 2. The van der Waals surface area contributed by atoms with Crippen molar-refractivity contribution in [3.05, 3.63) is 66.6 Å². The number of carbonyl (C=O) groups is 1. The van der Waals surface area contributed by atoms with E-state index >= 15 is 0 Å². The molecule has 2 N–H and O–H groups in total. The molecule has 104 valence electrons. The fourth-order valence-corrected chi connectivity index (χ4v) is 2.04. The van der Waals surface area contributed by atoms with Gasteiger partial charge >= 0.3 is 0 Å². The van der Waals surface area contributed by atoms with Gasteiger partial charge in [0, 0.05) is 24.3 Å². The molecule has 1 aromatic carbocycles. The Balaban J connectivity index is 1.64. The Labute approximate surface area is 122 Å². The molecule has 5 nitrogen and oxygen atoms in total. The zero-order valence-corrected chi connectivity index (χ0v) is 11.3. The Morgan fingerprint density at radius 2 is 1.95 bits per heavy atom. The molecule has 0 fully saturated rings. The van der Waals surface area contributed by atoms with Crippen LogP contribution in [0.5, 0.6) is 0 Å². The van der Waals surface area contributed by atoms with Gasteiger partial charge in [-0.3, -0.25) is 14.9 Å². The number of nitrogens with one attached hydrogen (secondary N) is 2. The topological polar surface area (TPSA) is 70.7 Å². The lowest BCUT2D eigenvalue weighted by Gasteiger charge is -2.06. The van der Waals surface area contributed by atoms with Crippen LogP contribution >= 0.6 is 0 Å². The number of H-pyrrole nitrogens is 1. The zero-order valence-electron chi connectivity index (χ0n) is 11.3. The predicted octanol–water partition coefficient (Wildman–Crippen LogP) is 2.65. The number of hydrogen-bond donors (Lipinski definition) is 2. The number of aromatic amines is 1. The van der Waals surface area contributed by atoms with Gasteiger partial charge in [-0.2, -0.15) is 5.10 Å². The quantitative estimate of drug-likeness (QED) is 0.770. The van der Waals surface area contributed by atoms with E-state index in [0.29, 0.717) is 6.42 Å². The minimum absolute atomic E-state index is 0.0581. The first-order valence-corrected chi connectivity index (χ1v) is 6.60. The van der Waals surface area contributed by atoms with Gasteiger partial charge in [-0.1, -0.05) is 18.2 Å². The highest BCUT2D eigenvalue weighted by Crippen LogP contribution is 2.18. The molecule has 0 aliphatic heterocycles. The van der Waals surface area contributed by atoms with Gasteiger partial charge < -0.3 is 5.32 Å². The summed E-state index contributed by atoms with van der Waals surface area (Å²) in [5.74, 6) is -0.0581. The maximum Gasteiger partial charge on any atom is 0.228 e. The molecule has 21 heavy (non-hydrogen) atoms. The van der Waals surface area contributed by atoms with Crippen LogP contribution in [0.25, 0.3) is 11.3 Å². The first-order valence-electron chi connectivity index (χ1n) is 6.60. The van der Waals surface area contributed by atoms with Crippen LogP contribution in [0.2, 0.25) is 0 Å². The van der Waals surface area contributed by atoms with Gasteiger partial charge in [-0.15, -0.1) is 0 Å². The Hall–Kier alpha value is -2.95. The molecule has 5 heteroatoms. The molecule has 2 aromatic heterocycles. The predicted molar refractivity (Wildman–Crippen MR) is 80.6 cm³/mol. The summed E-state index contributed by atoms with van der Waals surface area (Å²) in [6, 6.07) is 13.2. The van der Waals surface area contributed by atoms with Crippen LogP contribution in [0.4, 0.5) is 5.69 Å². The lowest BCUT2D eigenvalue weighted by molar-refractivity contribution is -0.115. The van der Waals surface area contributed by atoms with Gasteiger partial charge in [0.1, 0.15) is 0 Å². The molecular weight excluding hydrogens is 264 g/mol. The molecule has 0 aliphatic rings. The van der Waals surface area contributed by atoms with Crippen molar-refractivity contribution in [2.45, 2.75) is 6.42 Å². The maximum absolute atomic E-state index is 11.9. The normalized spacial score (nSPS) is 10.3. The molecule has 0 unspecified atom stereocenters. The van der Waals surface area contributed by atoms with Crippen molar-refractivity contribution in [2.24, 2.45) is 0 Å². The third kappa shape index (κ3) is 3.33. The monoisotopic (exact) mass is 278 g/mol. The van der Waals surface area contributed by atoms with Crippen LogP contribution in [0.1, 0.15) is 5.56 Å². The van der Waals surface area contributed by atoms with Gasteiger partial charge in [0.2, 0.25) is 5.91 Å². The number of benzene rings is 1. The summed E-state index contributed by atoms with van der Waals surface area (Å²) in [7, 11) is 0. The second-order valence-corrected chi connectivity index (χ2v) is 4.63. The highest BCUT2D eigenvalue weighted by Gasteiger charge is 2.05. The first-order chi connectivity index (χ1) is 10.3. The Morgan fingerprint density at radius 1 is 1.10 bits per heavy atom. The molecule has 2 heterocycles. The van der Waals surface area contributed by atoms with E-state index in [1.165, 1.54) is 0 Å². The number of carbonyl (C=O) groups excluding carboxylic acids is 1. The summed E-state index contributed by atoms with van der Waals surface area (Å²) >= 11 is 0. The molecule has 0 saturated heterocycles. The van der Waals surface area contributed by atoms with Gasteiger partial charge in [0.05, 0.1) is 12.1 Å². The summed E-state index contributed by atoms with van der Waals surface area (Å²) in [6.45, 7) is 0. The number of rotatable bonds is 4. The number of hydrogen-bond acceptors (Lipinski definition) is 3. The van der Waals surface area contributed by atoms with Crippen molar-refractivity contribution in [1.29, 1.82) is 0 Å². The molecule has 0 radical (unpaired) electrons. The summed E-state index contributed by atoms with van der Waals surface area (Å²) < 4.78 is 0. The van der Waals surface area contributed by atoms with E-state index < -0.39 is 0 Å². The highest BCUT2D eigenvalue weighted by molar-refractivity contribution is 5.92. The molecule has 0 atom stereocenters. The van der Waals surface area contributed by atoms with Crippen LogP contribution in [-0.2, 0) is 11.2 Å². The van der Waals surface area contributed by atoms with Crippen LogP contribution in [0.3, 0.4) is 0 Å². The minimum atomic E-state index is -0.0581. The number of pyridine rings is 1. The summed E-state index contributed by atoms with van der Waals surface area (Å²) in [5, 5.41) is 9.69. The van der Waals surface area contributed by atoms with Crippen molar-refractivity contribution in [3.8, 4) is 11.3 Å². The average Bonchev–Trinajstić information content (AvgIpc) is 3.03. The average molecular weight is 278 g/mol. The lowest BCUT2D eigenvalue weighted by atomic mass is 10.1. The number of anilines is 1. The maximum atomic E-state index is 11.9. The number of amides is 1. The fraction of sp³-hybridized carbons (Fsp3) is 0.0625.